The number of carbonyl (C=O) groups is 2. The van der Waals surface area contributed by atoms with Crippen molar-refractivity contribution in [3.8, 4) is 5.75 Å². The highest BCUT2D eigenvalue weighted by atomic mass is 16.5. The molecule has 0 fully saturated rings. The molecule has 0 unspecified atom stereocenters. The van der Waals surface area contributed by atoms with Crippen molar-refractivity contribution < 1.29 is 24.2 Å². The number of ether oxygens (including phenoxy) is 2. The van der Waals surface area contributed by atoms with Crippen molar-refractivity contribution in [1.82, 2.24) is 9.88 Å². The number of nitrogens with zero attached hydrogens (tertiary/aromatic N) is 2. The molecule has 2 heterocycles. The SMILES string of the molecule is CCCOCCN1Cc2cc(OCCCCc3cc(C)ccn3)ccc2C[C@@H](CC(=O)O)C1=O. The van der Waals surface area contributed by atoms with Crippen molar-refractivity contribution in [2.24, 2.45) is 5.92 Å². The number of carbonyl (C=O) groups excluding carboxylic acids is 1. The highest BCUT2D eigenvalue weighted by molar-refractivity contribution is 5.84. The molecule has 0 radical (unpaired) electrons. The number of hydrogen-bond acceptors (Lipinski definition) is 5. The first-order chi connectivity index (χ1) is 16.5. The highest BCUT2D eigenvalue weighted by Crippen LogP contribution is 2.28. The summed E-state index contributed by atoms with van der Waals surface area (Å²) < 4.78 is 11.6. The van der Waals surface area contributed by atoms with E-state index >= 15 is 0 Å². The molecule has 0 saturated heterocycles. The maximum absolute atomic E-state index is 13.1. The number of hydrogen-bond donors (Lipinski definition) is 1. The van der Waals surface area contributed by atoms with Gasteiger partial charge in [0.2, 0.25) is 5.91 Å². The number of aromatic nitrogens is 1. The number of fused-ring (bicyclic) bond motifs is 1. The van der Waals surface area contributed by atoms with Crippen LogP contribution in [0.4, 0.5) is 0 Å². The van der Waals surface area contributed by atoms with Gasteiger partial charge in [-0.3, -0.25) is 14.6 Å². The number of amides is 1. The molecule has 7 heteroatoms. The number of benzene rings is 1. The van der Waals surface area contributed by atoms with E-state index < -0.39 is 11.9 Å². The van der Waals surface area contributed by atoms with E-state index in [-0.39, 0.29) is 12.3 Å². The fraction of sp³-hybridized carbons (Fsp3) is 0.519. The minimum atomic E-state index is -0.954. The van der Waals surface area contributed by atoms with Crippen molar-refractivity contribution in [3.05, 3.63) is 58.9 Å². The molecule has 7 nitrogen and oxygen atoms in total. The van der Waals surface area contributed by atoms with E-state index in [1.807, 2.05) is 37.4 Å². The van der Waals surface area contributed by atoms with Crippen molar-refractivity contribution in [1.29, 1.82) is 0 Å². The van der Waals surface area contributed by atoms with Gasteiger partial charge in [-0.15, -0.1) is 0 Å². The van der Waals surface area contributed by atoms with Gasteiger partial charge in [0, 0.05) is 31.6 Å². The van der Waals surface area contributed by atoms with Gasteiger partial charge in [-0.25, -0.2) is 0 Å². The molecule has 34 heavy (non-hydrogen) atoms. The van der Waals surface area contributed by atoms with Gasteiger partial charge in [0.15, 0.2) is 0 Å². The smallest absolute Gasteiger partial charge is 0.304 e. The lowest BCUT2D eigenvalue weighted by molar-refractivity contribution is -0.145. The van der Waals surface area contributed by atoms with E-state index in [9.17, 15) is 14.7 Å². The fourth-order valence-electron chi connectivity index (χ4n) is 4.25. The number of rotatable bonds is 13. The Hall–Kier alpha value is -2.93. The first-order valence-corrected chi connectivity index (χ1v) is 12.2. The largest absolute Gasteiger partial charge is 0.494 e. The van der Waals surface area contributed by atoms with Gasteiger partial charge in [-0.05, 0) is 80.0 Å². The van der Waals surface area contributed by atoms with Crippen LogP contribution >= 0.6 is 0 Å². The highest BCUT2D eigenvalue weighted by Gasteiger charge is 2.31. The van der Waals surface area contributed by atoms with Crippen LogP contribution in [-0.4, -0.2) is 53.2 Å². The van der Waals surface area contributed by atoms with Gasteiger partial charge in [0.05, 0.1) is 25.6 Å². The zero-order valence-electron chi connectivity index (χ0n) is 20.3. The minimum absolute atomic E-state index is 0.120. The first-order valence-electron chi connectivity index (χ1n) is 12.2. The second kappa shape index (κ2) is 13.1. The fourth-order valence-corrected chi connectivity index (χ4v) is 4.25. The summed E-state index contributed by atoms with van der Waals surface area (Å²) in [6, 6.07) is 10.0. The number of aryl methyl sites for hydroxylation is 2. The Morgan fingerprint density at radius 1 is 1.15 bits per heavy atom. The summed E-state index contributed by atoms with van der Waals surface area (Å²) in [5, 5.41) is 9.31. The van der Waals surface area contributed by atoms with Crippen LogP contribution in [-0.2, 0) is 33.7 Å². The molecule has 1 amide bonds. The molecule has 3 rings (SSSR count). The van der Waals surface area contributed by atoms with E-state index in [1.54, 1.807) is 4.90 Å². The lowest BCUT2D eigenvalue weighted by atomic mass is 9.94. The third-order valence-electron chi connectivity index (χ3n) is 6.01. The number of unbranched alkanes of at least 4 members (excludes halogenated alkanes) is 1. The van der Waals surface area contributed by atoms with Gasteiger partial charge >= 0.3 is 5.97 Å². The summed E-state index contributed by atoms with van der Waals surface area (Å²) in [5.74, 6) is -0.860. The quantitative estimate of drug-likeness (QED) is 0.444. The molecular formula is C27H36N2O5. The molecule has 2 aromatic rings. The molecule has 0 saturated carbocycles. The van der Waals surface area contributed by atoms with Crippen LogP contribution in [0.3, 0.4) is 0 Å². The van der Waals surface area contributed by atoms with E-state index in [0.29, 0.717) is 39.3 Å². The average molecular weight is 469 g/mol. The third-order valence-corrected chi connectivity index (χ3v) is 6.01. The molecular weight excluding hydrogens is 432 g/mol. The van der Waals surface area contributed by atoms with Crippen molar-refractivity contribution >= 4 is 11.9 Å². The van der Waals surface area contributed by atoms with Crippen molar-refractivity contribution in [2.45, 2.75) is 58.9 Å². The van der Waals surface area contributed by atoms with Gasteiger partial charge in [-0.2, -0.15) is 0 Å². The van der Waals surface area contributed by atoms with Crippen LogP contribution in [0, 0.1) is 12.8 Å². The number of aliphatic carboxylic acids is 1. The summed E-state index contributed by atoms with van der Waals surface area (Å²) in [7, 11) is 0. The van der Waals surface area contributed by atoms with E-state index in [4.69, 9.17) is 9.47 Å². The van der Waals surface area contributed by atoms with Crippen LogP contribution in [0.2, 0.25) is 0 Å². The Morgan fingerprint density at radius 2 is 2.00 bits per heavy atom. The molecule has 1 aromatic heterocycles. The summed E-state index contributed by atoms with van der Waals surface area (Å²) in [5.41, 5.74) is 4.35. The Kier molecular flexibility index (Phi) is 9.89. The average Bonchev–Trinajstić information content (AvgIpc) is 2.92. The van der Waals surface area contributed by atoms with Crippen molar-refractivity contribution in [2.75, 3.05) is 26.4 Å². The Bertz CT molecular complexity index is 962. The number of carboxylic acids is 1. The lowest BCUT2D eigenvalue weighted by Crippen LogP contribution is -2.37. The topological polar surface area (TPSA) is 89.0 Å². The normalized spacial score (nSPS) is 15.6. The third kappa shape index (κ3) is 7.83. The van der Waals surface area contributed by atoms with Crippen LogP contribution in [0.25, 0.3) is 0 Å². The Balaban J connectivity index is 1.59. The zero-order valence-corrected chi connectivity index (χ0v) is 20.3. The molecule has 0 aliphatic carbocycles. The van der Waals surface area contributed by atoms with Crippen LogP contribution < -0.4 is 4.74 Å². The van der Waals surface area contributed by atoms with Crippen molar-refractivity contribution in [3.63, 3.8) is 0 Å². The molecule has 0 bridgehead atoms. The van der Waals surface area contributed by atoms with Crippen LogP contribution in [0.1, 0.15) is 55.0 Å². The molecule has 1 aromatic carbocycles. The summed E-state index contributed by atoms with van der Waals surface area (Å²) in [6.07, 6.45) is 5.88. The molecule has 1 N–H and O–H groups in total. The molecule has 0 spiro atoms. The maximum Gasteiger partial charge on any atom is 0.304 e. The summed E-state index contributed by atoms with van der Waals surface area (Å²) in [4.78, 5) is 30.5. The van der Waals surface area contributed by atoms with Gasteiger partial charge in [0.1, 0.15) is 5.75 Å². The van der Waals surface area contributed by atoms with Gasteiger partial charge < -0.3 is 19.5 Å². The summed E-state index contributed by atoms with van der Waals surface area (Å²) in [6.45, 7) is 6.71. The van der Waals surface area contributed by atoms with Crippen LogP contribution in [0.15, 0.2) is 36.5 Å². The standard InChI is InChI=1S/C27H36N2O5/c1-3-12-33-14-11-29-19-23-17-25(8-7-21(23)16-22(27(29)32)18-26(30)31)34-13-5-4-6-24-15-20(2)9-10-28-24/h7-10,15,17,22H,3-6,11-14,16,18-19H2,1-2H3,(H,30,31)/t22-/m0/s1. The zero-order chi connectivity index (χ0) is 24.3. The second-order valence-corrected chi connectivity index (χ2v) is 8.93. The Labute approximate surface area is 202 Å². The first kappa shape index (κ1) is 25.7. The number of carboxylic acid groups (broad SMARTS) is 1. The van der Waals surface area contributed by atoms with Crippen LogP contribution in [0.5, 0.6) is 5.75 Å². The predicted molar refractivity (Wildman–Crippen MR) is 130 cm³/mol. The monoisotopic (exact) mass is 468 g/mol. The van der Waals surface area contributed by atoms with Gasteiger partial charge in [-0.1, -0.05) is 13.0 Å². The predicted octanol–water partition coefficient (Wildman–Crippen LogP) is 4.19. The van der Waals surface area contributed by atoms with E-state index in [2.05, 4.69) is 18.0 Å². The van der Waals surface area contributed by atoms with E-state index in [1.165, 1.54) is 5.56 Å². The maximum atomic E-state index is 13.1. The lowest BCUT2D eigenvalue weighted by Gasteiger charge is -2.24. The summed E-state index contributed by atoms with van der Waals surface area (Å²) >= 11 is 0. The molecule has 1 aliphatic heterocycles. The molecule has 184 valence electrons. The Morgan fingerprint density at radius 3 is 2.76 bits per heavy atom. The minimum Gasteiger partial charge on any atom is -0.494 e. The molecule has 1 atom stereocenters. The molecule has 1 aliphatic rings. The second-order valence-electron chi connectivity index (χ2n) is 8.93. The van der Waals surface area contributed by atoms with Gasteiger partial charge in [0.25, 0.3) is 0 Å². The van der Waals surface area contributed by atoms with E-state index in [0.717, 1.165) is 48.3 Å². The number of pyridine rings is 1.